The average molecular weight is 1620 g/mol. The molecule has 4 aromatic heterocycles. The molecule has 0 unspecified atom stereocenters. The van der Waals surface area contributed by atoms with Gasteiger partial charge in [-0.05, 0) is 90.1 Å². The van der Waals surface area contributed by atoms with Crippen molar-refractivity contribution in [2.24, 2.45) is 0 Å². The van der Waals surface area contributed by atoms with Crippen molar-refractivity contribution in [2.75, 3.05) is 33.8 Å². The van der Waals surface area contributed by atoms with Crippen LogP contribution in [0, 0.1) is 13.8 Å². The van der Waals surface area contributed by atoms with Crippen LogP contribution in [0.2, 0.25) is 0 Å². The summed E-state index contributed by atoms with van der Waals surface area (Å²) in [7, 11) is 3.37. The van der Waals surface area contributed by atoms with Crippen molar-refractivity contribution in [3.63, 3.8) is 0 Å². The molecule has 0 aliphatic heterocycles. The average Bonchev–Trinajstić information content (AvgIpc) is 0.927. The van der Waals surface area contributed by atoms with E-state index in [-0.39, 0.29) is 204 Å². The molecule has 2 amide bonds. The molecule has 22 heteroatoms. The quantitative estimate of drug-likeness (QED) is 0.0280. The summed E-state index contributed by atoms with van der Waals surface area (Å²) in [5.74, 6) is -2.70. The van der Waals surface area contributed by atoms with Gasteiger partial charge in [0.2, 0.25) is 37.6 Å². The molecule has 0 saturated carbocycles. The Bertz CT molecular complexity index is 3780. The van der Waals surface area contributed by atoms with Crippen LogP contribution in [0.1, 0.15) is 118 Å². The van der Waals surface area contributed by atoms with E-state index in [1.54, 1.807) is 175 Å². The second-order valence-electron chi connectivity index (χ2n) is 22.0. The number of hydrogen-bond acceptors (Lipinski definition) is 10. The maximum absolute atomic E-state index is 13.3. The molecule has 6 rings (SSSR count). The summed E-state index contributed by atoms with van der Waals surface area (Å²) in [6.07, 6.45) is 23.2. The van der Waals surface area contributed by atoms with Crippen LogP contribution < -0.4 is 18.3 Å². The molecule has 2 aromatic carbocycles. The van der Waals surface area contributed by atoms with E-state index in [0.29, 0.717) is 70.9 Å². The van der Waals surface area contributed by atoms with Gasteiger partial charge in [-0.3, -0.25) is 28.8 Å². The van der Waals surface area contributed by atoms with Crippen molar-refractivity contribution < 1.29 is 207 Å². The molecule has 0 atom stereocenters. The van der Waals surface area contributed by atoms with Crippen LogP contribution in [0.15, 0.2) is 171 Å². The fraction of sp³-hybridized carbons (Fsp3) is 0.293. The summed E-state index contributed by atoms with van der Waals surface area (Å²) in [5.41, 5.74) is 10.7. The van der Waals surface area contributed by atoms with Crippen molar-refractivity contribution in [1.29, 1.82) is 0 Å². The Labute approximate surface area is 671 Å². The van der Waals surface area contributed by atoms with Gasteiger partial charge in [-0.2, -0.15) is 18.3 Å². The molecule has 4 radical (unpaired) electrons. The van der Waals surface area contributed by atoms with Crippen LogP contribution in [0.5, 0.6) is 0 Å². The van der Waals surface area contributed by atoms with Gasteiger partial charge in [0, 0.05) is 262 Å². The standard InChI is InChI=1S/C31H31NO4.C27H33N4O5.C17H22NO3.4Y/c1-5-26(29(33)17-23-11-7-21(3)8-12-23)25-15-16-32(20-31(35)36)28(19-25)27(6-2)30(34)18-24-13-9-22(4)10-14-24;1-6-23(21-8-12-30(13-9-21)18-20(3)32)26(35)28(4)16-17-29(5)27(36)24(7-2)22-10-14-31(15-11-22)19-25(33)34;1-5-8-15-11-14(9-10-18(15)12-13(4)19)16(6-2)17(20)21-7-3;;;;/h5-16,19H,17-18,20H2,1-4H3;6-15H,16-19H2,1-5H3;5-6,8-11H,7,12H2,1-4H3;;;;/q;2*+1;;;;/p+2/b26-5-,27-6-;23-6-,24-7-;8-5+,16-6-;;;;. The predicted molar refractivity (Wildman–Crippen MR) is 358 cm³/mol. The largest absolute Gasteiger partial charge is 0.477 e. The third-order valence-electron chi connectivity index (χ3n) is 14.6. The van der Waals surface area contributed by atoms with Crippen molar-refractivity contribution in [2.45, 2.75) is 115 Å². The van der Waals surface area contributed by atoms with Gasteiger partial charge in [-0.25, -0.2) is 14.4 Å². The zero-order valence-corrected chi connectivity index (χ0v) is 69.4. The van der Waals surface area contributed by atoms with E-state index in [2.05, 4.69) is 0 Å². The Morgan fingerprint density at radius 2 is 0.835 bits per heavy atom. The van der Waals surface area contributed by atoms with E-state index in [1.165, 1.54) is 16.1 Å². The van der Waals surface area contributed by atoms with Crippen molar-refractivity contribution in [3.05, 3.63) is 227 Å². The minimum Gasteiger partial charge on any atom is -0.477 e. The Balaban J connectivity index is 0.00000145. The second-order valence-corrected chi connectivity index (χ2v) is 22.0. The normalized spacial score (nSPS) is 11.3. The molecule has 2 N–H and O–H groups in total. The van der Waals surface area contributed by atoms with E-state index < -0.39 is 11.9 Å². The number of carboxylic acids is 2. The van der Waals surface area contributed by atoms with Gasteiger partial charge in [0.1, 0.15) is 0 Å². The number of aliphatic carboxylic acids is 2. The third kappa shape index (κ3) is 29.7. The van der Waals surface area contributed by atoms with Gasteiger partial charge in [-0.15, -0.1) is 0 Å². The molecule has 498 valence electrons. The first kappa shape index (κ1) is 90.9. The molecule has 0 aliphatic carbocycles. The molecular weight excluding hydrogens is 1530 g/mol. The molecule has 0 aliphatic rings. The fourth-order valence-electron chi connectivity index (χ4n) is 9.79. The number of carbonyl (C=O) groups is 9. The van der Waals surface area contributed by atoms with E-state index in [4.69, 9.17) is 9.84 Å². The number of Topliss-reactive ketones (excluding diaryl/α,β-unsaturated/α-hetero) is 4. The van der Waals surface area contributed by atoms with Gasteiger partial charge in [0.05, 0.1) is 17.8 Å². The molecule has 0 fully saturated rings. The minimum absolute atomic E-state index is 0. The molecule has 4 heterocycles. The first-order chi connectivity index (χ1) is 44.3. The second kappa shape index (κ2) is 47.1. The van der Waals surface area contributed by atoms with Crippen LogP contribution in [-0.4, -0.2) is 107 Å². The molecule has 6 aromatic rings. The van der Waals surface area contributed by atoms with Gasteiger partial charge >= 0.3 is 17.9 Å². The number of carbonyl (C=O) groups excluding carboxylic acids is 7. The molecule has 0 spiro atoms. The number of benzene rings is 2. The number of amides is 2. The maximum Gasteiger partial charge on any atom is 0.370 e. The summed E-state index contributed by atoms with van der Waals surface area (Å²) in [6.45, 7) is 20.8. The fourth-order valence-corrected chi connectivity index (χ4v) is 9.79. The zero-order chi connectivity index (χ0) is 68.9. The molecule has 18 nitrogen and oxygen atoms in total. The number of rotatable bonds is 27. The Kier molecular flexibility index (Phi) is 44.1. The summed E-state index contributed by atoms with van der Waals surface area (Å²) >= 11 is 0. The van der Waals surface area contributed by atoms with E-state index in [0.717, 1.165) is 39.1 Å². The van der Waals surface area contributed by atoms with E-state index in [1.807, 2.05) is 104 Å². The number of nitrogens with zero attached hydrogens (tertiary/aromatic N) is 6. The first-order valence-corrected chi connectivity index (χ1v) is 30.6. The van der Waals surface area contributed by atoms with Crippen LogP contribution >= 0.6 is 0 Å². The van der Waals surface area contributed by atoms with Crippen LogP contribution in [0.25, 0.3) is 33.9 Å². The van der Waals surface area contributed by atoms with Crippen molar-refractivity contribution in [3.8, 4) is 0 Å². The Morgan fingerprint density at radius 3 is 1.22 bits per heavy atom. The number of aryl methyl sites for hydroxylation is 2. The van der Waals surface area contributed by atoms with Gasteiger partial charge in [0.25, 0.3) is 11.8 Å². The van der Waals surface area contributed by atoms with Crippen molar-refractivity contribution >= 4 is 86.8 Å². The summed E-state index contributed by atoms with van der Waals surface area (Å²) in [5, 5.41) is 18.4. The third-order valence-corrected chi connectivity index (χ3v) is 14.6. The molecular formula is C75H88N6O12Y4+4. The number of allylic oxidation sites excluding steroid dienone is 8. The number of hydrogen-bond donors (Lipinski definition) is 2. The number of aromatic nitrogens is 4. The Hall–Kier alpha value is -6.07. The Morgan fingerprint density at radius 1 is 0.454 bits per heavy atom. The van der Waals surface area contributed by atoms with E-state index >= 15 is 0 Å². The van der Waals surface area contributed by atoms with Gasteiger partial charge in [-0.1, -0.05) is 96.1 Å². The van der Waals surface area contributed by atoms with Crippen molar-refractivity contribution in [1.82, 2.24) is 9.80 Å². The number of ketones is 4. The topological polar surface area (TPSA) is 225 Å². The van der Waals surface area contributed by atoms with Gasteiger partial charge in [0.15, 0.2) is 60.3 Å². The number of carboxylic acid groups (broad SMARTS) is 2. The molecule has 0 bridgehead atoms. The monoisotopic (exact) mass is 1620 g/mol. The molecule has 97 heavy (non-hydrogen) atoms. The van der Waals surface area contributed by atoms with Gasteiger partial charge < -0.3 is 24.7 Å². The number of esters is 1. The number of likely N-dealkylation sites (N-methyl/N-ethyl adjacent to an activating group) is 2. The SMILES string of the molecule is C/C=C(\C(=O)Cc1ccc(C)cc1)c1cc[n+](CC(=O)O)c(/C(=C/C)C(=O)Cc2ccc(C)cc2)c1.C/C=C(\C(=O)N(C)CCN(C)C(=O)/C(=C\C)c1cc[n+](CC(=O)O)cc1)c1cc[n+](CC(C)=O)cc1.C/C=C(\C(=O)OCC)c1cc[n+](CC(C)=O)c(/C=C/C)c1.[Y].[Y].[Y].[Y]. The minimum atomic E-state index is -1.02. The summed E-state index contributed by atoms with van der Waals surface area (Å²) in [4.78, 5) is 113. The van der Waals surface area contributed by atoms with Crippen LogP contribution in [0.3, 0.4) is 0 Å². The predicted octanol–water partition coefficient (Wildman–Crippen LogP) is 9.02. The summed E-state index contributed by atoms with van der Waals surface area (Å²) in [6, 6.07) is 29.8. The zero-order valence-electron chi connectivity index (χ0n) is 58.1. The smallest absolute Gasteiger partial charge is 0.370 e. The maximum atomic E-state index is 13.3. The first-order valence-electron chi connectivity index (χ1n) is 30.6. The van der Waals surface area contributed by atoms with Crippen LogP contribution in [0.4, 0.5) is 0 Å². The summed E-state index contributed by atoms with van der Waals surface area (Å²) < 4.78 is 11.7. The van der Waals surface area contributed by atoms with Crippen LogP contribution in [-0.2, 0) is 218 Å². The number of ether oxygens (including phenoxy) is 1. The molecule has 0 saturated heterocycles. The van der Waals surface area contributed by atoms with E-state index in [9.17, 15) is 48.3 Å². The number of pyridine rings is 4.